The standard InChI is InChI=1S/C13H15N3OS3/c1-3-18-12-15-16-13(20-12)19-9(2)11(17)14-10-7-5-4-6-8-10/h4-9H,3H2,1-2H3,(H,14,17)/t9-/m0/s1. The van der Waals surface area contributed by atoms with Crippen molar-refractivity contribution < 1.29 is 4.79 Å². The maximum Gasteiger partial charge on any atom is 0.237 e. The van der Waals surface area contributed by atoms with E-state index in [1.807, 2.05) is 37.3 Å². The number of anilines is 1. The monoisotopic (exact) mass is 325 g/mol. The van der Waals surface area contributed by atoms with Crippen molar-refractivity contribution in [3.8, 4) is 0 Å². The van der Waals surface area contributed by atoms with E-state index in [1.165, 1.54) is 23.1 Å². The minimum Gasteiger partial charge on any atom is -0.325 e. The highest BCUT2D eigenvalue weighted by Gasteiger charge is 2.17. The van der Waals surface area contributed by atoms with Crippen LogP contribution in [0.25, 0.3) is 0 Å². The lowest BCUT2D eigenvalue weighted by Gasteiger charge is -2.09. The first-order valence-electron chi connectivity index (χ1n) is 6.18. The van der Waals surface area contributed by atoms with Crippen molar-refractivity contribution in [1.82, 2.24) is 10.2 Å². The van der Waals surface area contributed by atoms with Crippen LogP contribution in [0.2, 0.25) is 0 Å². The van der Waals surface area contributed by atoms with Crippen molar-refractivity contribution in [2.24, 2.45) is 0 Å². The number of nitrogens with one attached hydrogen (secondary N) is 1. The Labute approximate surface area is 130 Å². The molecule has 0 unspecified atom stereocenters. The number of rotatable bonds is 6. The molecule has 0 spiro atoms. The summed E-state index contributed by atoms with van der Waals surface area (Å²) in [6.07, 6.45) is 0. The zero-order valence-corrected chi connectivity index (χ0v) is 13.6. The molecule has 4 nitrogen and oxygen atoms in total. The molecule has 0 saturated carbocycles. The molecule has 106 valence electrons. The highest BCUT2D eigenvalue weighted by molar-refractivity contribution is 8.03. The summed E-state index contributed by atoms with van der Waals surface area (Å²) in [4.78, 5) is 12.1. The number of thioether (sulfide) groups is 2. The van der Waals surface area contributed by atoms with E-state index in [0.717, 1.165) is 20.1 Å². The Balaban J connectivity index is 1.90. The van der Waals surface area contributed by atoms with Crippen molar-refractivity contribution in [3.63, 3.8) is 0 Å². The van der Waals surface area contributed by atoms with E-state index in [4.69, 9.17) is 0 Å². The Morgan fingerprint density at radius 1 is 1.30 bits per heavy atom. The normalized spacial score (nSPS) is 12.1. The third-order valence-electron chi connectivity index (χ3n) is 2.34. The second-order valence-corrected chi connectivity index (χ2v) is 7.96. The van der Waals surface area contributed by atoms with Crippen LogP contribution in [0, 0.1) is 0 Å². The third kappa shape index (κ3) is 4.50. The van der Waals surface area contributed by atoms with Gasteiger partial charge in [-0.25, -0.2) is 0 Å². The fourth-order valence-electron chi connectivity index (χ4n) is 1.40. The van der Waals surface area contributed by atoms with Crippen molar-refractivity contribution in [2.45, 2.75) is 27.8 Å². The van der Waals surface area contributed by atoms with Crippen molar-refractivity contribution >= 4 is 46.5 Å². The van der Waals surface area contributed by atoms with Gasteiger partial charge in [-0.2, -0.15) is 0 Å². The lowest BCUT2D eigenvalue weighted by Crippen LogP contribution is -2.22. The lowest BCUT2D eigenvalue weighted by molar-refractivity contribution is -0.115. The summed E-state index contributed by atoms with van der Waals surface area (Å²) < 4.78 is 1.78. The summed E-state index contributed by atoms with van der Waals surface area (Å²) in [5.74, 6) is 0.949. The van der Waals surface area contributed by atoms with Gasteiger partial charge in [-0.3, -0.25) is 4.79 Å². The van der Waals surface area contributed by atoms with Gasteiger partial charge in [-0.05, 0) is 24.8 Å². The molecule has 1 heterocycles. The topological polar surface area (TPSA) is 54.9 Å². The molecule has 0 saturated heterocycles. The first-order chi connectivity index (χ1) is 9.69. The molecular weight excluding hydrogens is 310 g/mol. The number of hydrogen-bond donors (Lipinski definition) is 1. The van der Waals surface area contributed by atoms with Crippen LogP contribution in [0.1, 0.15) is 13.8 Å². The molecule has 1 aromatic heterocycles. The number of carbonyl (C=O) groups is 1. The summed E-state index contributed by atoms with van der Waals surface area (Å²) in [6, 6.07) is 9.45. The van der Waals surface area contributed by atoms with Crippen LogP contribution in [0.3, 0.4) is 0 Å². The van der Waals surface area contributed by atoms with E-state index < -0.39 is 0 Å². The Kier molecular flexibility index (Phi) is 5.87. The lowest BCUT2D eigenvalue weighted by atomic mass is 10.3. The first-order valence-corrected chi connectivity index (χ1v) is 8.86. The van der Waals surface area contributed by atoms with Crippen LogP contribution in [-0.4, -0.2) is 27.1 Å². The van der Waals surface area contributed by atoms with Crippen LogP contribution in [0.5, 0.6) is 0 Å². The molecule has 0 aliphatic heterocycles. The minimum absolute atomic E-state index is 0.0268. The second-order valence-electron chi connectivity index (χ2n) is 3.88. The Morgan fingerprint density at radius 3 is 2.70 bits per heavy atom. The zero-order valence-electron chi connectivity index (χ0n) is 11.2. The summed E-state index contributed by atoms with van der Waals surface area (Å²) in [7, 11) is 0. The van der Waals surface area contributed by atoms with Crippen LogP contribution < -0.4 is 5.32 Å². The Bertz CT molecular complexity index is 559. The van der Waals surface area contributed by atoms with Gasteiger partial charge >= 0.3 is 0 Å². The van der Waals surface area contributed by atoms with E-state index in [0.29, 0.717) is 0 Å². The molecule has 2 aromatic rings. The molecule has 0 bridgehead atoms. The minimum atomic E-state index is -0.206. The predicted octanol–water partition coefficient (Wildman–Crippen LogP) is 3.77. The summed E-state index contributed by atoms with van der Waals surface area (Å²) in [5.41, 5.74) is 0.810. The maximum absolute atomic E-state index is 12.1. The maximum atomic E-state index is 12.1. The third-order valence-corrected chi connectivity index (χ3v) is 5.47. The van der Waals surface area contributed by atoms with E-state index in [2.05, 4.69) is 22.4 Å². The van der Waals surface area contributed by atoms with Crippen LogP contribution >= 0.6 is 34.9 Å². The van der Waals surface area contributed by atoms with E-state index in [-0.39, 0.29) is 11.2 Å². The largest absolute Gasteiger partial charge is 0.325 e. The number of para-hydroxylation sites is 1. The highest BCUT2D eigenvalue weighted by atomic mass is 32.2. The van der Waals surface area contributed by atoms with Gasteiger partial charge in [0.1, 0.15) is 0 Å². The van der Waals surface area contributed by atoms with Gasteiger partial charge in [0.25, 0.3) is 0 Å². The molecule has 1 amide bonds. The molecule has 20 heavy (non-hydrogen) atoms. The number of benzene rings is 1. The summed E-state index contributed by atoms with van der Waals surface area (Å²) >= 11 is 4.64. The zero-order chi connectivity index (χ0) is 14.4. The van der Waals surface area contributed by atoms with Gasteiger partial charge in [0, 0.05) is 5.69 Å². The average molecular weight is 325 g/mol. The van der Waals surface area contributed by atoms with E-state index in [9.17, 15) is 4.79 Å². The molecule has 1 atom stereocenters. The molecule has 0 radical (unpaired) electrons. The fraction of sp³-hybridized carbons (Fsp3) is 0.308. The van der Waals surface area contributed by atoms with Gasteiger partial charge in [0.05, 0.1) is 5.25 Å². The number of carbonyl (C=O) groups excluding carboxylic acids is 1. The van der Waals surface area contributed by atoms with Crippen molar-refractivity contribution in [2.75, 3.05) is 11.1 Å². The number of amides is 1. The highest BCUT2D eigenvalue weighted by Crippen LogP contribution is 2.31. The van der Waals surface area contributed by atoms with Gasteiger partial charge in [0.15, 0.2) is 8.68 Å². The van der Waals surface area contributed by atoms with Crippen molar-refractivity contribution in [3.05, 3.63) is 30.3 Å². The quantitative estimate of drug-likeness (QED) is 0.819. The number of nitrogens with zero attached hydrogens (tertiary/aromatic N) is 2. The second kappa shape index (κ2) is 7.66. The van der Waals surface area contributed by atoms with Gasteiger partial charge in [-0.1, -0.05) is 60.0 Å². The molecule has 0 fully saturated rings. The van der Waals surface area contributed by atoms with Gasteiger partial charge in [-0.15, -0.1) is 10.2 Å². The van der Waals surface area contributed by atoms with Crippen LogP contribution in [0.15, 0.2) is 39.0 Å². The Morgan fingerprint density at radius 2 is 2.00 bits per heavy atom. The SMILES string of the molecule is CCSc1nnc(S[C@@H](C)C(=O)Nc2ccccc2)s1. The predicted molar refractivity (Wildman–Crippen MR) is 86.7 cm³/mol. The van der Waals surface area contributed by atoms with Crippen LogP contribution in [-0.2, 0) is 4.79 Å². The summed E-state index contributed by atoms with van der Waals surface area (Å²) in [6.45, 7) is 3.95. The molecule has 1 N–H and O–H groups in total. The van der Waals surface area contributed by atoms with Crippen molar-refractivity contribution in [1.29, 1.82) is 0 Å². The smallest absolute Gasteiger partial charge is 0.237 e. The Hall–Kier alpha value is -1.05. The molecule has 7 heteroatoms. The average Bonchev–Trinajstić information content (AvgIpc) is 2.87. The fourth-order valence-corrected chi connectivity index (χ4v) is 4.46. The molecule has 2 rings (SSSR count). The number of aromatic nitrogens is 2. The molecular formula is C13H15N3OS3. The molecule has 1 aromatic carbocycles. The molecule has 0 aliphatic rings. The summed E-state index contributed by atoms with van der Waals surface area (Å²) in [5, 5.41) is 10.9. The van der Waals surface area contributed by atoms with Crippen LogP contribution in [0.4, 0.5) is 5.69 Å². The molecule has 0 aliphatic carbocycles. The van der Waals surface area contributed by atoms with E-state index >= 15 is 0 Å². The number of hydrogen-bond acceptors (Lipinski definition) is 6. The van der Waals surface area contributed by atoms with Gasteiger partial charge < -0.3 is 5.32 Å². The first kappa shape index (κ1) is 15.3. The van der Waals surface area contributed by atoms with E-state index in [1.54, 1.807) is 11.8 Å². The van der Waals surface area contributed by atoms with Gasteiger partial charge in [0.2, 0.25) is 5.91 Å².